The van der Waals surface area contributed by atoms with Gasteiger partial charge in [0.2, 0.25) is 0 Å². The maximum absolute atomic E-state index is 12.5. The summed E-state index contributed by atoms with van der Waals surface area (Å²) in [5, 5.41) is 11.3. The summed E-state index contributed by atoms with van der Waals surface area (Å²) in [4.78, 5) is 24.2. The fourth-order valence-corrected chi connectivity index (χ4v) is 3.20. The van der Waals surface area contributed by atoms with E-state index < -0.39 is 11.2 Å². The summed E-state index contributed by atoms with van der Waals surface area (Å²) in [6, 6.07) is 14.2. The summed E-state index contributed by atoms with van der Waals surface area (Å²) < 4.78 is 11.0. The summed E-state index contributed by atoms with van der Waals surface area (Å²) in [7, 11) is 1.59. The zero-order chi connectivity index (χ0) is 19.8. The van der Waals surface area contributed by atoms with Crippen molar-refractivity contribution < 1.29 is 24.2 Å². The average molecular weight is 389 g/mol. The zero-order valence-corrected chi connectivity index (χ0v) is 16.3. The van der Waals surface area contributed by atoms with E-state index in [1.165, 1.54) is 0 Å². The Morgan fingerprint density at radius 2 is 1.81 bits per heavy atom. The van der Waals surface area contributed by atoms with Gasteiger partial charge in [0.1, 0.15) is 22.9 Å². The molecule has 1 amide bonds. The number of aliphatic carboxylic acids is 1. The molecule has 0 aromatic heterocycles. The molecule has 0 radical (unpaired) electrons. The number of rotatable bonds is 9. The second kappa shape index (κ2) is 9.87. The molecule has 0 bridgehead atoms. The summed E-state index contributed by atoms with van der Waals surface area (Å²) in [6.07, 6.45) is -0.251. The van der Waals surface area contributed by atoms with Gasteiger partial charge in [-0.1, -0.05) is 18.2 Å². The van der Waals surface area contributed by atoms with E-state index in [9.17, 15) is 9.59 Å². The first-order valence-corrected chi connectivity index (χ1v) is 9.36. The number of methoxy groups -OCH3 is 1. The average Bonchev–Trinajstić information content (AvgIpc) is 2.66. The second-order valence-corrected chi connectivity index (χ2v) is 7.29. The highest BCUT2D eigenvalue weighted by atomic mass is 32.2. The Hall–Kier alpha value is -2.67. The Balaban J connectivity index is 1.96. The summed E-state index contributed by atoms with van der Waals surface area (Å²) in [6.45, 7) is 3.75. The molecule has 0 aliphatic heterocycles. The van der Waals surface area contributed by atoms with Crippen LogP contribution in [0.5, 0.6) is 11.5 Å². The minimum Gasteiger partial charge on any atom is -0.497 e. The lowest BCUT2D eigenvalue weighted by atomic mass is 10.2. The van der Waals surface area contributed by atoms with Gasteiger partial charge in [0, 0.05) is 11.0 Å². The molecular formula is C20H23NO5S. The van der Waals surface area contributed by atoms with Crippen LogP contribution in [0.2, 0.25) is 0 Å². The van der Waals surface area contributed by atoms with Crippen LogP contribution in [-0.4, -0.2) is 42.0 Å². The van der Waals surface area contributed by atoms with Gasteiger partial charge in [-0.05, 0) is 38.1 Å². The van der Waals surface area contributed by atoms with E-state index in [4.69, 9.17) is 14.6 Å². The highest BCUT2D eigenvalue weighted by Gasteiger charge is 2.18. The van der Waals surface area contributed by atoms with Gasteiger partial charge in [-0.15, -0.1) is 11.8 Å². The molecular weight excluding hydrogens is 366 g/mol. The van der Waals surface area contributed by atoms with Gasteiger partial charge in [0.05, 0.1) is 19.2 Å². The van der Waals surface area contributed by atoms with Crippen LogP contribution < -0.4 is 14.8 Å². The minimum absolute atomic E-state index is 0.251. The SMILES string of the molecule is COc1cccc(OC(C)CNC(=O)c2ccccc2SC(C)C(=O)O)c1. The quantitative estimate of drug-likeness (QED) is 0.639. The fourth-order valence-electron chi connectivity index (χ4n) is 2.28. The molecule has 0 spiro atoms. The Morgan fingerprint density at radius 3 is 2.52 bits per heavy atom. The first-order valence-electron chi connectivity index (χ1n) is 8.48. The van der Waals surface area contributed by atoms with Crippen molar-refractivity contribution in [3.8, 4) is 11.5 Å². The number of nitrogens with one attached hydrogen (secondary N) is 1. The molecule has 0 saturated heterocycles. The van der Waals surface area contributed by atoms with Gasteiger partial charge in [0.15, 0.2) is 0 Å². The molecule has 7 heteroatoms. The highest BCUT2D eigenvalue weighted by molar-refractivity contribution is 8.00. The predicted octanol–water partition coefficient (Wildman–Crippen LogP) is 3.46. The van der Waals surface area contributed by atoms with Crippen LogP contribution in [0.3, 0.4) is 0 Å². The summed E-state index contributed by atoms with van der Waals surface area (Å²) in [5.41, 5.74) is 0.448. The number of hydrogen-bond donors (Lipinski definition) is 2. The smallest absolute Gasteiger partial charge is 0.316 e. The van der Waals surface area contributed by atoms with E-state index >= 15 is 0 Å². The minimum atomic E-state index is -0.921. The number of thioether (sulfide) groups is 1. The molecule has 0 aliphatic rings. The van der Waals surface area contributed by atoms with Gasteiger partial charge in [-0.2, -0.15) is 0 Å². The van der Waals surface area contributed by atoms with Gasteiger partial charge < -0.3 is 19.9 Å². The predicted molar refractivity (Wildman–Crippen MR) is 105 cm³/mol. The van der Waals surface area contributed by atoms with Gasteiger partial charge in [-0.3, -0.25) is 9.59 Å². The van der Waals surface area contributed by atoms with Crippen molar-refractivity contribution in [3.63, 3.8) is 0 Å². The van der Waals surface area contributed by atoms with E-state index in [1.54, 1.807) is 44.4 Å². The number of ether oxygens (including phenoxy) is 2. The van der Waals surface area contributed by atoms with Crippen molar-refractivity contribution in [2.75, 3.05) is 13.7 Å². The Kier molecular flexibility index (Phi) is 7.55. The summed E-state index contributed by atoms with van der Waals surface area (Å²) in [5.74, 6) is 0.164. The number of carboxylic acid groups (broad SMARTS) is 1. The second-order valence-electron chi connectivity index (χ2n) is 5.91. The van der Waals surface area contributed by atoms with Gasteiger partial charge in [0.25, 0.3) is 5.91 Å². The standard InChI is InChI=1S/C20H23NO5S/c1-13(26-16-8-6-7-15(11-16)25-3)12-21-19(22)17-9-4-5-10-18(17)27-14(2)20(23)24/h4-11,13-14H,12H2,1-3H3,(H,21,22)(H,23,24). The molecule has 2 rings (SSSR count). The number of amides is 1. The van der Waals surface area contributed by atoms with Crippen molar-refractivity contribution >= 4 is 23.6 Å². The normalized spacial score (nSPS) is 12.7. The lowest BCUT2D eigenvalue weighted by Crippen LogP contribution is -2.33. The number of hydrogen-bond acceptors (Lipinski definition) is 5. The van der Waals surface area contributed by atoms with Crippen LogP contribution in [0.1, 0.15) is 24.2 Å². The Morgan fingerprint density at radius 1 is 1.11 bits per heavy atom. The molecule has 2 aromatic rings. The van der Waals surface area contributed by atoms with E-state index in [1.807, 2.05) is 25.1 Å². The maximum atomic E-state index is 12.5. The first-order chi connectivity index (χ1) is 12.9. The van der Waals surface area contributed by atoms with E-state index in [0.717, 1.165) is 11.8 Å². The molecule has 27 heavy (non-hydrogen) atoms. The first kappa shape index (κ1) is 20.6. The number of carboxylic acids is 1. The molecule has 2 unspecified atom stereocenters. The molecule has 0 saturated carbocycles. The van der Waals surface area contributed by atoms with Crippen molar-refractivity contribution in [2.24, 2.45) is 0 Å². The van der Waals surface area contributed by atoms with Crippen molar-refractivity contribution in [1.29, 1.82) is 0 Å². The lowest BCUT2D eigenvalue weighted by Gasteiger charge is -2.17. The zero-order valence-electron chi connectivity index (χ0n) is 15.5. The monoisotopic (exact) mass is 389 g/mol. The molecule has 0 fully saturated rings. The number of carbonyl (C=O) groups excluding carboxylic acids is 1. The molecule has 144 valence electrons. The van der Waals surface area contributed by atoms with E-state index in [2.05, 4.69) is 5.32 Å². The van der Waals surface area contributed by atoms with Crippen LogP contribution in [0.15, 0.2) is 53.4 Å². The summed E-state index contributed by atoms with van der Waals surface area (Å²) >= 11 is 1.14. The third-order valence-corrected chi connectivity index (χ3v) is 4.88. The molecule has 2 aromatic carbocycles. The van der Waals surface area contributed by atoms with E-state index in [0.29, 0.717) is 28.5 Å². The largest absolute Gasteiger partial charge is 0.497 e. The highest BCUT2D eigenvalue weighted by Crippen LogP contribution is 2.27. The van der Waals surface area contributed by atoms with Gasteiger partial charge >= 0.3 is 5.97 Å². The Bertz CT molecular complexity index is 795. The number of carbonyl (C=O) groups is 2. The van der Waals surface area contributed by atoms with Crippen molar-refractivity contribution in [1.82, 2.24) is 5.32 Å². The van der Waals surface area contributed by atoms with Crippen LogP contribution in [0, 0.1) is 0 Å². The topological polar surface area (TPSA) is 84.9 Å². The van der Waals surface area contributed by atoms with Crippen LogP contribution in [0.25, 0.3) is 0 Å². The van der Waals surface area contributed by atoms with Crippen LogP contribution in [-0.2, 0) is 4.79 Å². The maximum Gasteiger partial charge on any atom is 0.316 e. The molecule has 2 N–H and O–H groups in total. The molecule has 6 nitrogen and oxygen atoms in total. The van der Waals surface area contributed by atoms with Crippen molar-refractivity contribution in [2.45, 2.75) is 30.1 Å². The lowest BCUT2D eigenvalue weighted by molar-refractivity contribution is -0.136. The Labute approximate surface area is 162 Å². The third kappa shape index (κ3) is 6.21. The van der Waals surface area contributed by atoms with Gasteiger partial charge in [-0.25, -0.2) is 0 Å². The molecule has 2 atom stereocenters. The third-order valence-electron chi connectivity index (χ3n) is 3.71. The van der Waals surface area contributed by atoms with Crippen molar-refractivity contribution in [3.05, 3.63) is 54.1 Å². The number of benzene rings is 2. The van der Waals surface area contributed by atoms with E-state index in [-0.39, 0.29) is 12.0 Å². The molecule has 0 heterocycles. The van der Waals surface area contributed by atoms with Crippen LogP contribution >= 0.6 is 11.8 Å². The van der Waals surface area contributed by atoms with Crippen LogP contribution in [0.4, 0.5) is 0 Å². The fraction of sp³-hybridized carbons (Fsp3) is 0.300. The molecule has 0 aliphatic carbocycles.